The van der Waals surface area contributed by atoms with Crippen molar-refractivity contribution < 1.29 is 13.2 Å². The molecule has 6 heteroatoms. The van der Waals surface area contributed by atoms with Crippen molar-refractivity contribution in [1.82, 2.24) is 9.03 Å². The summed E-state index contributed by atoms with van der Waals surface area (Å²) < 4.78 is 28.8. The second kappa shape index (κ2) is 5.89. The molecule has 0 aromatic heterocycles. The van der Waals surface area contributed by atoms with Crippen molar-refractivity contribution in [3.05, 3.63) is 0 Å². The minimum atomic E-state index is -3.43. The number of carbonyl (C=O) groups excluding carboxylic acids is 1. The molecule has 1 aliphatic heterocycles. The lowest BCUT2D eigenvalue weighted by Gasteiger charge is -2.28. The number of Topliss-reactive ketones (excluding diaryl/α,β-unsaturated/α-hetero) is 1. The van der Waals surface area contributed by atoms with E-state index in [-0.39, 0.29) is 23.7 Å². The van der Waals surface area contributed by atoms with Crippen molar-refractivity contribution in [2.75, 3.05) is 13.1 Å². The number of nitrogens with zero attached hydrogens (tertiary/aromatic N) is 1. The van der Waals surface area contributed by atoms with Gasteiger partial charge >= 0.3 is 0 Å². The molecule has 1 heterocycles. The van der Waals surface area contributed by atoms with Gasteiger partial charge in [0.2, 0.25) is 0 Å². The summed E-state index contributed by atoms with van der Waals surface area (Å²) in [6.07, 6.45) is 4.05. The fraction of sp³-hybridized carbons (Fsp3) is 0.923. The molecule has 2 fully saturated rings. The minimum absolute atomic E-state index is 0.0712. The fourth-order valence-corrected chi connectivity index (χ4v) is 4.76. The smallest absolute Gasteiger partial charge is 0.279 e. The van der Waals surface area contributed by atoms with E-state index in [1.807, 2.05) is 13.8 Å². The summed E-state index contributed by atoms with van der Waals surface area (Å²) in [5, 5.41) is 0. The third kappa shape index (κ3) is 3.35. The summed E-state index contributed by atoms with van der Waals surface area (Å²) in [5.74, 6) is 0.457. The summed E-state index contributed by atoms with van der Waals surface area (Å²) in [4.78, 5) is 11.9. The first kappa shape index (κ1) is 14.9. The molecule has 0 aromatic carbocycles. The van der Waals surface area contributed by atoms with Crippen molar-refractivity contribution in [3.63, 3.8) is 0 Å². The zero-order chi connectivity index (χ0) is 14.0. The molecule has 1 saturated carbocycles. The summed E-state index contributed by atoms with van der Waals surface area (Å²) in [6.45, 7) is 4.95. The molecular formula is C13H24N2O3S. The van der Waals surface area contributed by atoms with Crippen molar-refractivity contribution >= 4 is 16.0 Å². The highest BCUT2D eigenvalue weighted by Crippen LogP contribution is 2.34. The molecule has 5 nitrogen and oxygen atoms in total. The number of rotatable bonds is 5. The lowest BCUT2D eigenvalue weighted by atomic mass is 9.96. The Kier molecular flexibility index (Phi) is 4.63. The van der Waals surface area contributed by atoms with Crippen LogP contribution in [-0.4, -0.2) is 37.6 Å². The van der Waals surface area contributed by atoms with Gasteiger partial charge in [-0.05, 0) is 31.6 Å². The van der Waals surface area contributed by atoms with Gasteiger partial charge in [-0.2, -0.15) is 12.7 Å². The Hall–Kier alpha value is -0.460. The molecule has 0 aromatic rings. The van der Waals surface area contributed by atoms with Crippen LogP contribution in [0.5, 0.6) is 0 Å². The largest absolute Gasteiger partial charge is 0.299 e. The first-order valence-electron chi connectivity index (χ1n) is 7.21. The van der Waals surface area contributed by atoms with E-state index in [1.54, 1.807) is 0 Å². The molecule has 2 aliphatic rings. The van der Waals surface area contributed by atoms with Crippen molar-refractivity contribution in [1.29, 1.82) is 0 Å². The SMILES string of the molecule is CC(C)CNS(=O)(=O)N1CCCC1C1CCCC1=O. The molecule has 0 bridgehead atoms. The van der Waals surface area contributed by atoms with Gasteiger partial charge in [-0.3, -0.25) is 4.79 Å². The van der Waals surface area contributed by atoms with Crippen LogP contribution in [0.15, 0.2) is 0 Å². The third-order valence-electron chi connectivity index (χ3n) is 4.05. The molecule has 19 heavy (non-hydrogen) atoms. The van der Waals surface area contributed by atoms with Gasteiger partial charge in [-0.1, -0.05) is 13.8 Å². The van der Waals surface area contributed by atoms with Crippen LogP contribution in [-0.2, 0) is 15.0 Å². The average Bonchev–Trinajstić information content (AvgIpc) is 2.94. The predicted octanol–water partition coefficient (Wildman–Crippen LogP) is 1.31. The molecule has 110 valence electrons. The monoisotopic (exact) mass is 288 g/mol. The van der Waals surface area contributed by atoms with E-state index in [1.165, 1.54) is 4.31 Å². The normalized spacial score (nSPS) is 29.5. The summed E-state index contributed by atoms with van der Waals surface area (Å²) >= 11 is 0. The van der Waals surface area contributed by atoms with Crippen LogP contribution < -0.4 is 4.72 Å². The lowest BCUT2D eigenvalue weighted by Crippen LogP contribution is -2.47. The Balaban J connectivity index is 2.07. The van der Waals surface area contributed by atoms with Crippen LogP contribution in [0.4, 0.5) is 0 Å². The summed E-state index contributed by atoms with van der Waals surface area (Å²) in [7, 11) is -3.43. The Morgan fingerprint density at radius 3 is 2.63 bits per heavy atom. The van der Waals surface area contributed by atoms with E-state index in [4.69, 9.17) is 0 Å². The van der Waals surface area contributed by atoms with Crippen molar-refractivity contribution in [2.45, 2.75) is 52.0 Å². The molecule has 2 unspecified atom stereocenters. The first-order chi connectivity index (χ1) is 8.92. The molecule has 0 amide bonds. The topological polar surface area (TPSA) is 66.5 Å². The summed E-state index contributed by atoms with van der Waals surface area (Å²) in [5.41, 5.74) is 0. The Morgan fingerprint density at radius 1 is 1.32 bits per heavy atom. The molecule has 0 radical (unpaired) electrons. The summed E-state index contributed by atoms with van der Waals surface area (Å²) in [6, 6.07) is -0.111. The van der Waals surface area contributed by atoms with Gasteiger partial charge in [0, 0.05) is 31.5 Å². The quantitative estimate of drug-likeness (QED) is 0.829. The van der Waals surface area contributed by atoms with Gasteiger partial charge in [0.15, 0.2) is 0 Å². The molecule has 2 rings (SSSR count). The van der Waals surface area contributed by atoms with Gasteiger partial charge < -0.3 is 0 Å². The van der Waals surface area contributed by atoms with E-state index < -0.39 is 10.2 Å². The van der Waals surface area contributed by atoms with E-state index in [0.29, 0.717) is 19.5 Å². The van der Waals surface area contributed by atoms with Gasteiger partial charge in [0.25, 0.3) is 10.2 Å². The van der Waals surface area contributed by atoms with Crippen LogP contribution in [0.2, 0.25) is 0 Å². The predicted molar refractivity (Wildman–Crippen MR) is 73.8 cm³/mol. The van der Waals surface area contributed by atoms with Crippen LogP contribution in [0, 0.1) is 11.8 Å². The standard InChI is InChI=1S/C13H24N2O3S/c1-10(2)9-14-19(17,18)15-8-4-6-12(15)11-5-3-7-13(11)16/h10-12,14H,3-9H2,1-2H3. The molecular weight excluding hydrogens is 264 g/mol. The molecule has 1 saturated heterocycles. The fourth-order valence-electron chi connectivity index (χ4n) is 3.07. The van der Waals surface area contributed by atoms with Crippen molar-refractivity contribution in [2.24, 2.45) is 11.8 Å². The highest BCUT2D eigenvalue weighted by molar-refractivity contribution is 7.87. The van der Waals surface area contributed by atoms with E-state index in [9.17, 15) is 13.2 Å². The Bertz CT molecular complexity index is 433. The Morgan fingerprint density at radius 2 is 2.05 bits per heavy atom. The highest BCUT2D eigenvalue weighted by Gasteiger charge is 2.42. The molecule has 1 N–H and O–H groups in total. The van der Waals surface area contributed by atoms with Gasteiger partial charge in [0.1, 0.15) is 5.78 Å². The maximum absolute atomic E-state index is 12.3. The van der Waals surface area contributed by atoms with Gasteiger partial charge in [-0.25, -0.2) is 4.72 Å². The minimum Gasteiger partial charge on any atom is -0.299 e. The number of hydrogen-bond donors (Lipinski definition) is 1. The zero-order valence-electron chi connectivity index (χ0n) is 11.8. The number of carbonyl (C=O) groups is 1. The second-order valence-corrected chi connectivity index (χ2v) is 7.74. The van der Waals surface area contributed by atoms with Crippen LogP contribution in [0.3, 0.4) is 0 Å². The van der Waals surface area contributed by atoms with Crippen molar-refractivity contribution in [3.8, 4) is 0 Å². The maximum Gasteiger partial charge on any atom is 0.279 e. The zero-order valence-corrected chi connectivity index (χ0v) is 12.6. The number of nitrogens with one attached hydrogen (secondary N) is 1. The van der Waals surface area contributed by atoms with E-state index >= 15 is 0 Å². The molecule has 0 spiro atoms. The maximum atomic E-state index is 12.3. The second-order valence-electron chi connectivity index (χ2n) is 6.03. The lowest BCUT2D eigenvalue weighted by molar-refractivity contribution is -0.121. The number of hydrogen-bond acceptors (Lipinski definition) is 3. The third-order valence-corrected chi connectivity index (χ3v) is 5.65. The van der Waals surface area contributed by atoms with E-state index in [0.717, 1.165) is 25.7 Å². The molecule has 2 atom stereocenters. The van der Waals surface area contributed by atoms with E-state index in [2.05, 4.69) is 4.72 Å². The van der Waals surface area contributed by atoms with Crippen LogP contribution in [0.1, 0.15) is 46.0 Å². The number of ketones is 1. The van der Waals surface area contributed by atoms with Gasteiger partial charge in [-0.15, -0.1) is 0 Å². The highest BCUT2D eigenvalue weighted by atomic mass is 32.2. The Labute approximate surface area is 115 Å². The average molecular weight is 288 g/mol. The van der Waals surface area contributed by atoms with Crippen LogP contribution in [0.25, 0.3) is 0 Å². The molecule has 1 aliphatic carbocycles. The van der Waals surface area contributed by atoms with Crippen LogP contribution >= 0.6 is 0 Å². The first-order valence-corrected chi connectivity index (χ1v) is 8.65. The van der Waals surface area contributed by atoms with Gasteiger partial charge in [0.05, 0.1) is 0 Å².